The maximum Gasteiger partial charge on any atom is 0.416 e. The van der Waals surface area contributed by atoms with Crippen molar-refractivity contribution in [3.05, 3.63) is 29.3 Å². The number of rotatable bonds is 2. The van der Waals surface area contributed by atoms with Crippen molar-refractivity contribution >= 4 is 29.9 Å². The van der Waals surface area contributed by atoms with Crippen molar-refractivity contribution in [2.75, 3.05) is 31.1 Å². The zero-order valence-electron chi connectivity index (χ0n) is 14.3. The first-order chi connectivity index (χ1) is 11.8. The van der Waals surface area contributed by atoms with Crippen LogP contribution in [0.3, 0.4) is 0 Å². The van der Waals surface area contributed by atoms with Crippen LogP contribution < -0.4 is 10.2 Å². The third kappa shape index (κ3) is 4.29. The van der Waals surface area contributed by atoms with Gasteiger partial charge < -0.3 is 15.1 Å². The number of amides is 2. The lowest BCUT2D eigenvalue weighted by Crippen LogP contribution is -2.51. The number of hydrogen-bond donors (Lipinski definition) is 1. The molecular formula is C17H21ClF3N3O2. The molecule has 1 aromatic rings. The van der Waals surface area contributed by atoms with Crippen LogP contribution in [-0.2, 0) is 11.0 Å². The number of carbonyl (C=O) groups is 2. The Bertz CT molecular complexity index is 696. The van der Waals surface area contributed by atoms with Gasteiger partial charge in [0.2, 0.25) is 5.91 Å². The molecule has 0 aromatic heterocycles. The summed E-state index contributed by atoms with van der Waals surface area (Å²) in [7, 11) is 0. The minimum Gasteiger partial charge on any atom is -0.336 e. The zero-order valence-corrected chi connectivity index (χ0v) is 15.1. The van der Waals surface area contributed by atoms with Gasteiger partial charge in [-0.2, -0.15) is 13.2 Å². The first kappa shape index (κ1) is 20.5. The lowest BCUT2D eigenvalue weighted by molar-refractivity contribution is -0.137. The van der Waals surface area contributed by atoms with E-state index in [0.717, 1.165) is 12.1 Å². The fraction of sp³-hybridized carbons (Fsp3) is 0.529. The van der Waals surface area contributed by atoms with Gasteiger partial charge >= 0.3 is 6.18 Å². The molecule has 2 saturated heterocycles. The second-order valence-electron chi connectivity index (χ2n) is 6.52. The van der Waals surface area contributed by atoms with Crippen molar-refractivity contribution in [3.63, 3.8) is 0 Å². The molecule has 26 heavy (non-hydrogen) atoms. The number of nitrogens with zero attached hydrogens (tertiary/aromatic N) is 2. The van der Waals surface area contributed by atoms with Crippen LogP contribution in [0, 0.1) is 0 Å². The standard InChI is InChI=1S/C17H20F3N3O2.ClH/c1-11-10-22(6-4-21-11)16(25)12-7-13(17(18,19)20)9-14(8-12)23-5-2-3-15(23)24;/h7-9,11,21H,2-6,10H2,1H3;1H/t11-;/m1./s1. The lowest BCUT2D eigenvalue weighted by atomic mass is 10.1. The van der Waals surface area contributed by atoms with Crippen LogP contribution in [0.1, 0.15) is 35.7 Å². The summed E-state index contributed by atoms with van der Waals surface area (Å²) >= 11 is 0. The number of hydrogen-bond acceptors (Lipinski definition) is 3. The first-order valence-corrected chi connectivity index (χ1v) is 8.31. The summed E-state index contributed by atoms with van der Waals surface area (Å²) in [5.74, 6) is -0.652. The third-order valence-electron chi connectivity index (χ3n) is 4.53. The quantitative estimate of drug-likeness (QED) is 0.843. The largest absolute Gasteiger partial charge is 0.416 e. The Labute approximate surface area is 155 Å². The highest BCUT2D eigenvalue weighted by atomic mass is 35.5. The van der Waals surface area contributed by atoms with E-state index < -0.39 is 17.6 Å². The average molecular weight is 392 g/mol. The van der Waals surface area contributed by atoms with Crippen LogP contribution in [-0.4, -0.2) is 48.9 Å². The fourth-order valence-electron chi connectivity index (χ4n) is 3.27. The van der Waals surface area contributed by atoms with Gasteiger partial charge in [-0.1, -0.05) is 0 Å². The molecule has 2 amide bonds. The van der Waals surface area contributed by atoms with Gasteiger partial charge in [-0.3, -0.25) is 9.59 Å². The van der Waals surface area contributed by atoms with Crippen LogP contribution in [0.2, 0.25) is 0 Å². The monoisotopic (exact) mass is 391 g/mol. The molecule has 3 rings (SSSR count). The molecule has 2 heterocycles. The third-order valence-corrected chi connectivity index (χ3v) is 4.53. The SMILES string of the molecule is C[C@@H]1CN(C(=O)c2cc(N3CCCC3=O)cc(C(F)(F)F)c2)CCN1.Cl. The summed E-state index contributed by atoms with van der Waals surface area (Å²) in [6, 6.07) is 3.30. The van der Waals surface area contributed by atoms with Crippen LogP contribution in [0.4, 0.5) is 18.9 Å². The molecule has 2 aliphatic heterocycles. The molecule has 1 atom stereocenters. The Kier molecular flexibility index (Phi) is 6.18. The van der Waals surface area contributed by atoms with Crippen molar-refractivity contribution in [1.29, 1.82) is 0 Å². The van der Waals surface area contributed by atoms with E-state index in [1.54, 1.807) is 4.90 Å². The molecule has 144 valence electrons. The predicted octanol–water partition coefficient (Wildman–Crippen LogP) is 2.69. The van der Waals surface area contributed by atoms with Gasteiger partial charge in [-0.05, 0) is 31.5 Å². The smallest absolute Gasteiger partial charge is 0.336 e. The number of halogens is 4. The molecule has 9 heteroatoms. The zero-order chi connectivity index (χ0) is 18.2. The molecule has 0 saturated carbocycles. The summed E-state index contributed by atoms with van der Waals surface area (Å²) < 4.78 is 39.8. The van der Waals surface area contributed by atoms with Crippen molar-refractivity contribution in [1.82, 2.24) is 10.2 Å². The van der Waals surface area contributed by atoms with Gasteiger partial charge in [0.05, 0.1) is 5.56 Å². The number of nitrogens with one attached hydrogen (secondary N) is 1. The average Bonchev–Trinajstić information content (AvgIpc) is 2.99. The Balaban J connectivity index is 0.00000243. The molecule has 0 unspecified atom stereocenters. The minimum absolute atomic E-state index is 0. The molecule has 1 N–H and O–H groups in total. The van der Waals surface area contributed by atoms with Gasteiger partial charge in [0.15, 0.2) is 0 Å². The van der Waals surface area contributed by atoms with E-state index in [-0.39, 0.29) is 35.6 Å². The number of anilines is 1. The summed E-state index contributed by atoms with van der Waals surface area (Å²) in [5.41, 5.74) is -0.793. The Morgan fingerprint density at radius 2 is 1.96 bits per heavy atom. The Hall–Kier alpha value is -1.80. The van der Waals surface area contributed by atoms with Crippen molar-refractivity contribution < 1.29 is 22.8 Å². The second-order valence-corrected chi connectivity index (χ2v) is 6.52. The summed E-state index contributed by atoms with van der Waals surface area (Å²) in [6.07, 6.45) is -3.66. The molecule has 0 bridgehead atoms. The van der Waals surface area contributed by atoms with E-state index in [2.05, 4.69) is 5.32 Å². The molecule has 2 aliphatic rings. The number of carbonyl (C=O) groups excluding carboxylic acids is 2. The highest BCUT2D eigenvalue weighted by molar-refractivity contribution is 5.99. The van der Waals surface area contributed by atoms with Crippen molar-refractivity contribution in [2.24, 2.45) is 0 Å². The van der Waals surface area contributed by atoms with Crippen molar-refractivity contribution in [2.45, 2.75) is 32.0 Å². The van der Waals surface area contributed by atoms with Gasteiger partial charge in [-0.25, -0.2) is 0 Å². The fourth-order valence-corrected chi connectivity index (χ4v) is 3.27. The van der Waals surface area contributed by atoms with Crippen LogP contribution in [0.15, 0.2) is 18.2 Å². The minimum atomic E-state index is -4.58. The highest BCUT2D eigenvalue weighted by Gasteiger charge is 2.34. The molecule has 0 spiro atoms. The Morgan fingerprint density at radius 3 is 2.54 bits per heavy atom. The molecule has 0 aliphatic carbocycles. The topological polar surface area (TPSA) is 52.7 Å². The van der Waals surface area contributed by atoms with E-state index in [9.17, 15) is 22.8 Å². The number of benzene rings is 1. The number of alkyl halides is 3. The van der Waals surface area contributed by atoms with E-state index in [0.29, 0.717) is 39.0 Å². The van der Waals surface area contributed by atoms with E-state index in [1.165, 1.54) is 11.0 Å². The van der Waals surface area contributed by atoms with Crippen LogP contribution >= 0.6 is 12.4 Å². The normalized spacial score (nSPS) is 20.9. The summed E-state index contributed by atoms with van der Waals surface area (Å²) in [6.45, 7) is 3.77. The molecule has 0 radical (unpaired) electrons. The van der Waals surface area contributed by atoms with E-state index >= 15 is 0 Å². The summed E-state index contributed by atoms with van der Waals surface area (Å²) in [4.78, 5) is 27.5. The Morgan fingerprint density at radius 1 is 1.23 bits per heavy atom. The van der Waals surface area contributed by atoms with Gasteiger partial charge in [0.1, 0.15) is 0 Å². The second kappa shape index (κ2) is 7.84. The van der Waals surface area contributed by atoms with Crippen LogP contribution in [0.5, 0.6) is 0 Å². The van der Waals surface area contributed by atoms with E-state index in [1.807, 2.05) is 6.92 Å². The van der Waals surface area contributed by atoms with Gasteiger partial charge in [-0.15, -0.1) is 12.4 Å². The predicted molar refractivity (Wildman–Crippen MR) is 93.6 cm³/mol. The lowest BCUT2D eigenvalue weighted by Gasteiger charge is -2.32. The first-order valence-electron chi connectivity index (χ1n) is 8.31. The van der Waals surface area contributed by atoms with Crippen LogP contribution in [0.25, 0.3) is 0 Å². The van der Waals surface area contributed by atoms with E-state index in [4.69, 9.17) is 0 Å². The van der Waals surface area contributed by atoms with Crippen molar-refractivity contribution in [3.8, 4) is 0 Å². The highest BCUT2D eigenvalue weighted by Crippen LogP contribution is 2.34. The van der Waals surface area contributed by atoms with Gasteiger partial charge in [0, 0.05) is 49.9 Å². The molecular weight excluding hydrogens is 371 g/mol. The number of piperazine rings is 1. The maximum atomic E-state index is 13.3. The maximum absolute atomic E-state index is 13.3. The van der Waals surface area contributed by atoms with Gasteiger partial charge in [0.25, 0.3) is 5.91 Å². The molecule has 5 nitrogen and oxygen atoms in total. The molecule has 1 aromatic carbocycles. The molecule has 2 fully saturated rings. The summed E-state index contributed by atoms with van der Waals surface area (Å²) in [5, 5.41) is 3.19.